The highest BCUT2D eigenvalue weighted by molar-refractivity contribution is 5.88. The van der Waals surface area contributed by atoms with Crippen molar-refractivity contribution < 1.29 is 14.1 Å². The molecule has 4 rings (SSSR count). The number of aromatic nitrogens is 2. The monoisotopic (exact) mass is 347 g/mol. The lowest BCUT2D eigenvalue weighted by Crippen LogP contribution is -2.48. The van der Waals surface area contributed by atoms with Gasteiger partial charge in [0.25, 0.3) is 0 Å². The number of nitrogens with zero attached hydrogens (tertiary/aromatic N) is 3. The van der Waals surface area contributed by atoms with Gasteiger partial charge in [0.15, 0.2) is 5.82 Å². The van der Waals surface area contributed by atoms with Crippen LogP contribution in [0.1, 0.15) is 68.6 Å². The summed E-state index contributed by atoms with van der Waals surface area (Å²) in [6.07, 6.45) is 6.81. The predicted octanol–water partition coefficient (Wildman–Crippen LogP) is 0.869. The van der Waals surface area contributed by atoms with Gasteiger partial charge >= 0.3 is 0 Å². The molecule has 1 aromatic rings. The molecule has 25 heavy (non-hydrogen) atoms. The van der Waals surface area contributed by atoms with E-state index in [4.69, 9.17) is 4.52 Å². The molecule has 0 bridgehead atoms. The average Bonchev–Trinajstić information content (AvgIpc) is 3.21. The summed E-state index contributed by atoms with van der Waals surface area (Å²) in [5.74, 6) is 1.69. The van der Waals surface area contributed by atoms with Crippen LogP contribution in [0.25, 0.3) is 0 Å². The van der Waals surface area contributed by atoms with Crippen LogP contribution < -0.4 is 10.6 Å². The minimum Gasteiger partial charge on any atom is -0.354 e. The molecular weight excluding hydrogens is 322 g/mol. The lowest BCUT2D eigenvalue weighted by molar-refractivity contribution is -0.129. The Kier molecular flexibility index (Phi) is 4.70. The van der Waals surface area contributed by atoms with Crippen LogP contribution in [0.4, 0.5) is 0 Å². The Morgan fingerprint density at radius 2 is 2.12 bits per heavy atom. The fraction of sp³-hybridized carbons (Fsp3) is 0.765. The number of rotatable bonds is 5. The van der Waals surface area contributed by atoms with Gasteiger partial charge in [0.2, 0.25) is 17.7 Å². The minimum atomic E-state index is -0.414. The van der Waals surface area contributed by atoms with Crippen LogP contribution in [0, 0.1) is 0 Å². The van der Waals surface area contributed by atoms with Crippen LogP contribution in [0.5, 0.6) is 0 Å². The van der Waals surface area contributed by atoms with Gasteiger partial charge in [-0.25, -0.2) is 0 Å². The summed E-state index contributed by atoms with van der Waals surface area (Å²) in [6.45, 7) is 1.80. The molecule has 1 aliphatic carbocycles. The first-order valence-corrected chi connectivity index (χ1v) is 9.35. The van der Waals surface area contributed by atoms with Gasteiger partial charge < -0.3 is 15.2 Å². The van der Waals surface area contributed by atoms with E-state index in [2.05, 4.69) is 25.7 Å². The molecular formula is C17H25N5O3. The van der Waals surface area contributed by atoms with E-state index >= 15 is 0 Å². The van der Waals surface area contributed by atoms with Crippen molar-refractivity contribution in [3.63, 3.8) is 0 Å². The number of nitrogens with one attached hydrogen (secondary N) is 2. The maximum Gasteiger partial charge on any atom is 0.242 e. The van der Waals surface area contributed by atoms with Gasteiger partial charge in [0.05, 0.1) is 12.6 Å². The molecule has 136 valence electrons. The lowest BCUT2D eigenvalue weighted by Gasteiger charge is -2.22. The second-order valence-electron chi connectivity index (χ2n) is 7.30. The van der Waals surface area contributed by atoms with Crippen LogP contribution in [0.2, 0.25) is 0 Å². The summed E-state index contributed by atoms with van der Waals surface area (Å²) in [6, 6.07) is -0.382. The normalized spacial score (nSPS) is 27.8. The first-order valence-electron chi connectivity index (χ1n) is 9.35. The number of carbonyl (C=O) groups is 2. The number of hydrogen-bond acceptors (Lipinski definition) is 6. The van der Waals surface area contributed by atoms with Gasteiger partial charge in [-0.3, -0.25) is 14.5 Å². The Hall–Kier alpha value is -1.96. The van der Waals surface area contributed by atoms with Crippen molar-refractivity contribution >= 4 is 11.8 Å². The number of hydrogen-bond donors (Lipinski definition) is 2. The van der Waals surface area contributed by atoms with Gasteiger partial charge in [-0.05, 0) is 51.5 Å². The summed E-state index contributed by atoms with van der Waals surface area (Å²) in [5, 5.41) is 9.87. The molecule has 2 N–H and O–H groups in total. The SMILES string of the molecule is O=C(CN1CCC[C@@H]1c1noc(C2CC2)n1)N[C@H]1CCCCNC1=O. The first kappa shape index (κ1) is 16.5. The summed E-state index contributed by atoms with van der Waals surface area (Å²) in [5.41, 5.74) is 0. The highest BCUT2D eigenvalue weighted by Crippen LogP contribution is 2.40. The highest BCUT2D eigenvalue weighted by Gasteiger charge is 2.35. The predicted molar refractivity (Wildman–Crippen MR) is 88.6 cm³/mol. The smallest absolute Gasteiger partial charge is 0.242 e. The van der Waals surface area contributed by atoms with Crippen molar-refractivity contribution in [2.24, 2.45) is 0 Å². The van der Waals surface area contributed by atoms with Crippen molar-refractivity contribution in [1.29, 1.82) is 0 Å². The van der Waals surface area contributed by atoms with E-state index in [9.17, 15) is 9.59 Å². The molecule has 2 saturated heterocycles. The van der Waals surface area contributed by atoms with E-state index in [0.717, 1.165) is 51.0 Å². The molecule has 2 amide bonds. The van der Waals surface area contributed by atoms with Crippen LogP contribution in [-0.2, 0) is 9.59 Å². The molecule has 1 saturated carbocycles. The lowest BCUT2D eigenvalue weighted by atomic mass is 10.1. The molecule has 3 fully saturated rings. The van der Waals surface area contributed by atoms with Gasteiger partial charge in [0.1, 0.15) is 6.04 Å². The maximum atomic E-state index is 12.4. The zero-order chi connectivity index (χ0) is 17.2. The van der Waals surface area contributed by atoms with Crippen LogP contribution >= 0.6 is 0 Å². The molecule has 8 nitrogen and oxygen atoms in total. The molecule has 1 aromatic heterocycles. The highest BCUT2D eigenvalue weighted by atomic mass is 16.5. The van der Waals surface area contributed by atoms with Crippen molar-refractivity contribution in [1.82, 2.24) is 25.7 Å². The van der Waals surface area contributed by atoms with Crippen LogP contribution in [-0.4, -0.2) is 52.5 Å². The quantitative estimate of drug-likeness (QED) is 0.820. The third-order valence-corrected chi connectivity index (χ3v) is 5.26. The second kappa shape index (κ2) is 7.11. The Balaban J connectivity index is 1.35. The maximum absolute atomic E-state index is 12.4. The summed E-state index contributed by atoms with van der Waals surface area (Å²) in [7, 11) is 0. The van der Waals surface area contributed by atoms with Gasteiger partial charge in [-0.2, -0.15) is 4.98 Å². The molecule has 2 aliphatic heterocycles. The van der Waals surface area contributed by atoms with Gasteiger partial charge in [-0.1, -0.05) is 5.16 Å². The van der Waals surface area contributed by atoms with E-state index < -0.39 is 6.04 Å². The van der Waals surface area contributed by atoms with Crippen molar-refractivity contribution in [2.45, 2.75) is 62.9 Å². The third-order valence-electron chi connectivity index (χ3n) is 5.26. The molecule has 3 aliphatic rings. The van der Waals surface area contributed by atoms with Gasteiger partial charge in [-0.15, -0.1) is 0 Å². The van der Waals surface area contributed by atoms with Crippen molar-refractivity contribution in [3.8, 4) is 0 Å². The van der Waals surface area contributed by atoms with E-state index in [0.29, 0.717) is 24.7 Å². The topological polar surface area (TPSA) is 100 Å². The van der Waals surface area contributed by atoms with Crippen molar-refractivity contribution in [2.75, 3.05) is 19.6 Å². The zero-order valence-corrected chi connectivity index (χ0v) is 14.4. The number of carbonyl (C=O) groups excluding carboxylic acids is 2. The molecule has 8 heteroatoms. The molecule has 0 unspecified atom stereocenters. The fourth-order valence-electron chi connectivity index (χ4n) is 3.69. The largest absolute Gasteiger partial charge is 0.354 e. The van der Waals surface area contributed by atoms with E-state index in [-0.39, 0.29) is 24.4 Å². The van der Waals surface area contributed by atoms with Gasteiger partial charge in [0, 0.05) is 12.5 Å². The zero-order valence-electron chi connectivity index (χ0n) is 14.4. The van der Waals surface area contributed by atoms with Crippen LogP contribution in [0.3, 0.4) is 0 Å². The molecule has 0 radical (unpaired) electrons. The summed E-state index contributed by atoms with van der Waals surface area (Å²) >= 11 is 0. The number of likely N-dealkylation sites (tertiary alicyclic amines) is 1. The molecule has 2 atom stereocenters. The Bertz CT molecular complexity index is 642. The number of amides is 2. The average molecular weight is 347 g/mol. The first-order chi connectivity index (χ1) is 12.2. The minimum absolute atomic E-state index is 0.0324. The molecule has 3 heterocycles. The summed E-state index contributed by atoms with van der Waals surface area (Å²) < 4.78 is 5.36. The Morgan fingerprint density at radius 1 is 1.24 bits per heavy atom. The van der Waals surface area contributed by atoms with Crippen LogP contribution in [0.15, 0.2) is 4.52 Å². The van der Waals surface area contributed by atoms with E-state index in [1.165, 1.54) is 0 Å². The van der Waals surface area contributed by atoms with E-state index in [1.807, 2.05) is 0 Å². The molecule has 0 spiro atoms. The third kappa shape index (κ3) is 3.84. The fourth-order valence-corrected chi connectivity index (χ4v) is 3.69. The summed E-state index contributed by atoms with van der Waals surface area (Å²) in [4.78, 5) is 31.0. The Labute approximate surface area is 146 Å². The standard InChI is InChI=1S/C17H25N5O3/c23-14(19-12-4-1-2-8-18-16(12)24)10-22-9-3-5-13(22)15-20-17(25-21-15)11-6-7-11/h11-13H,1-10H2,(H,18,24)(H,19,23)/t12-,13+/m0/s1. The second-order valence-corrected chi connectivity index (χ2v) is 7.30. The van der Waals surface area contributed by atoms with Crippen molar-refractivity contribution in [3.05, 3.63) is 11.7 Å². The molecule has 0 aromatic carbocycles. The Morgan fingerprint density at radius 3 is 2.96 bits per heavy atom. The van der Waals surface area contributed by atoms with E-state index in [1.54, 1.807) is 0 Å².